The van der Waals surface area contributed by atoms with E-state index in [1.807, 2.05) is 0 Å². The Bertz CT molecular complexity index is 484. The number of rotatable bonds is 2. The van der Waals surface area contributed by atoms with E-state index < -0.39 is 17.5 Å². The van der Waals surface area contributed by atoms with Crippen molar-refractivity contribution in [1.82, 2.24) is 0 Å². The first-order chi connectivity index (χ1) is 7.58. The van der Waals surface area contributed by atoms with Crippen molar-refractivity contribution in [3.63, 3.8) is 0 Å². The van der Waals surface area contributed by atoms with Crippen LogP contribution in [-0.4, -0.2) is 0 Å². The normalized spacial score (nSPS) is 8.81. The van der Waals surface area contributed by atoms with E-state index in [2.05, 4.69) is 5.32 Å². The number of nitriles is 2. The van der Waals surface area contributed by atoms with E-state index in [1.54, 1.807) is 0 Å². The molecule has 0 atom stereocenters. The maximum absolute atomic E-state index is 12.7. The molecule has 0 aliphatic carbocycles. The first kappa shape index (κ1) is 11.6. The molecule has 1 rings (SSSR count). The molecule has 0 unspecified atom stereocenters. The Kier molecular flexibility index (Phi) is 3.52. The number of benzene rings is 1. The molecule has 6 heteroatoms. The molecule has 1 aromatic carbocycles. The van der Waals surface area contributed by atoms with Crippen LogP contribution in [-0.2, 0) is 0 Å². The number of hydrogen-bond acceptors (Lipinski definition) is 3. The smallest absolute Gasteiger partial charge is 0.194 e. The van der Waals surface area contributed by atoms with Crippen LogP contribution < -0.4 is 5.32 Å². The zero-order chi connectivity index (χ0) is 12.1. The summed E-state index contributed by atoms with van der Waals surface area (Å²) >= 11 is 0. The molecule has 0 saturated carbocycles. The second kappa shape index (κ2) is 4.85. The predicted octanol–water partition coefficient (Wildman–Crippen LogP) is 2.45. The Balaban J connectivity index is 2.98. The number of nitrogens with zero attached hydrogens (tertiary/aromatic N) is 2. The third kappa shape index (κ3) is 2.52. The first-order valence-corrected chi connectivity index (χ1v) is 4.00. The van der Waals surface area contributed by atoms with Crippen LogP contribution in [0.4, 0.5) is 18.9 Å². The molecule has 0 heterocycles. The molecular formula is C10H4F3N3. The summed E-state index contributed by atoms with van der Waals surface area (Å²) < 4.78 is 38.0. The van der Waals surface area contributed by atoms with Gasteiger partial charge in [-0.15, -0.1) is 0 Å². The highest BCUT2D eigenvalue weighted by Gasteiger charge is 2.09. The van der Waals surface area contributed by atoms with Gasteiger partial charge in [0.2, 0.25) is 0 Å². The van der Waals surface area contributed by atoms with E-state index >= 15 is 0 Å². The largest absolute Gasteiger partial charge is 0.360 e. The second-order valence-electron chi connectivity index (χ2n) is 2.68. The third-order valence-corrected chi connectivity index (χ3v) is 1.61. The summed E-state index contributed by atoms with van der Waals surface area (Å²) in [5.41, 5.74) is -0.371. The lowest BCUT2D eigenvalue weighted by molar-refractivity contribution is 0.448. The highest BCUT2D eigenvalue weighted by Crippen LogP contribution is 2.17. The van der Waals surface area contributed by atoms with Crippen LogP contribution in [0.2, 0.25) is 0 Å². The number of allylic oxidation sites excluding steroid dienone is 1. The van der Waals surface area contributed by atoms with Gasteiger partial charge in [0.25, 0.3) is 0 Å². The molecule has 0 radical (unpaired) electrons. The summed E-state index contributed by atoms with van der Waals surface area (Å²) in [6.45, 7) is 0. The van der Waals surface area contributed by atoms with Crippen molar-refractivity contribution in [1.29, 1.82) is 10.5 Å². The Morgan fingerprint density at radius 1 is 1.12 bits per heavy atom. The lowest BCUT2D eigenvalue weighted by atomic mass is 10.3. The molecule has 1 N–H and O–H groups in total. The molecular weight excluding hydrogens is 219 g/mol. The van der Waals surface area contributed by atoms with Crippen molar-refractivity contribution < 1.29 is 13.2 Å². The van der Waals surface area contributed by atoms with Crippen LogP contribution in [0, 0.1) is 40.1 Å². The van der Waals surface area contributed by atoms with E-state index in [4.69, 9.17) is 10.5 Å². The summed E-state index contributed by atoms with van der Waals surface area (Å²) in [6.07, 6.45) is 0.964. The quantitative estimate of drug-likeness (QED) is 0.618. The van der Waals surface area contributed by atoms with Crippen LogP contribution in [0.15, 0.2) is 23.9 Å². The van der Waals surface area contributed by atoms with Gasteiger partial charge in [-0.2, -0.15) is 10.5 Å². The average molecular weight is 223 g/mol. The fourth-order valence-electron chi connectivity index (χ4n) is 0.884. The molecule has 80 valence electrons. The van der Waals surface area contributed by atoms with Gasteiger partial charge in [0.15, 0.2) is 17.5 Å². The van der Waals surface area contributed by atoms with Crippen LogP contribution in [0.3, 0.4) is 0 Å². The van der Waals surface area contributed by atoms with Crippen LogP contribution >= 0.6 is 0 Å². The molecule has 3 nitrogen and oxygen atoms in total. The summed E-state index contributed by atoms with van der Waals surface area (Å²) in [5, 5.41) is 19.0. The fourth-order valence-corrected chi connectivity index (χ4v) is 0.884. The maximum atomic E-state index is 12.7. The van der Waals surface area contributed by atoms with Gasteiger partial charge in [0, 0.05) is 24.0 Å². The van der Waals surface area contributed by atoms with Crippen LogP contribution in [0.1, 0.15) is 0 Å². The minimum atomic E-state index is -1.57. The van der Waals surface area contributed by atoms with Crippen molar-refractivity contribution in [2.24, 2.45) is 0 Å². The zero-order valence-corrected chi connectivity index (χ0v) is 7.76. The Morgan fingerprint density at radius 2 is 1.62 bits per heavy atom. The Morgan fingerprint density at radius 3 is 2.06 bits per heavy atom. The Labute approximate surface area is 89.0 Å². The molecule has 16 heavy (non-hydrogen) atoms. The van der Waals surface area contributed by atoms with Gasteiger partial charge < -0.3 is 5.32 Å². The van der Waals surface area contributed by atoms with Crippen LogP contribution in [0.5, 0.6) is 0 Å². The monoisotopic (exact) mass is 223 g/mol. The van der Waals surface area contributed by atoms with E-state index in [0.717, 1.165) is 6.20 Å². The summed E-state index contributed by atoms with van der Waals surface area (Å²) in [7, 11) is 0. The minimum absolute atomic E-state index is 0.0978. The molecule has 0 aliphatic heterocycles. The lowest BCUT2D eigenvalue weighted by Gasteiger charge is -2.02. The minimum Gasteiger partial charge on any atom is -0.360 e. The van der Waals surface area contributed by atoms with E-state index in [0.29, 0.717) is 12.1 Å². The SMILES string of the molecule is N#CC(C#N)=CNc1cc(F)c(F)c(F)c1. The van der Waals surface area contributed by atoms with Crippen molar-refractivity contribution in [2.45, 2.75) is 0 Å². The highest BCUT2D eigenvalue weighted by atomic mass is 19.2. The van der Waals surface area contributed by atoms with E-state index in [1.165, 1.54) is 12.1 Å². The predicted molar refractivity (Wildman–Crippen MR) is 49.2 cm³/mol. The highest BCUT2D eigenvalue weighted by molar-refractivity contribution is 5.49. The number of nitrogens with one attached hydrogen (secondary N) is 1. The molecule has 1 aromatic rings. The molecule has 0 bridgehead atoms. The summed E-state index contributed by atoms with van der Waals surface area (Å²) in [6, 6.07) is 4.50. The first-order valence-electron chi connectivity index (χ1n) is 4.00. The van der Waals surface area contributed by atoms with Gasteiger partial charge in [-0.05, 0) is 0 Å². The Hall–Kier alpha value is -2.47. The third-order valence-electron chi connectivity index (χ3n) is 1.61. The van der Waals surface area contributed by atoms with Crippen LogP contribution in [0.25, 0.3) is 0 Å². The molecule has 0 saturated heterocycles. The number of anilines is 1. The molecule has 0 amide bonds. The van der Waals surface area contributed by atoms with Gasteiger partial charge in [0.1, 0.15) is 17.7 Å². The standard InChI is InChI=1S/C10H4F3N3/c11-8-1-7(2-9(12)10(8)13)16-5-6(3-14)4-15/h1-2,5,16H. The van der Waals surface area contributed by atoms with Crippen molar-refractivity contribution >= 4 is 5.69 Å². The number of halogens is 3. The molecule has 0 aromatic heterocycles. The van der Waals surface area contributed by atoms with Gasteiger partial charge in [-0.3, -0.25) is 0 Å². The second-order valence-corrected chi connectivity index (χ2v) is 2.68. The topological polar surface area (TPSA) is 59.6 Å². The maximum Gasteiger partial charge on any atom is 0.194 e. The van der Waals surface area contributed by atoms with Crippen molar-refractivity contribution in [3.8, 4) is 12.1 Å². The fraction of sp³-hybridized carbons (Fsp3) is 0. The average Bonchev–Trinajstić information content (AvgIpc) is 2.27. The summed E-state index contributed by atoms with van der Waals surface area (Å²) in [5.74, 6) is -4.28. The van der Waals surface area contributed by atoms with Gasteiger partial charge >= 0.3 is 0 Å². The van der Waals surface area contributed by atoms with E-state index in [-0.39, 0.29) is 11.3 Å². The summed E-state index contributed by atoms with van der Waals surface area (Å²) in [4.78, 5) is 0. The van der Waals surface area contributed by atoms with E-state index in [9.17, 15) is 13.2 Å². The molecule has 0 aliphatic rings. The zero-order valence-electron chi connectivity index (χ0n) is 7.76. The molecule has 0 spiro atoms. The van der Waals surface area contributed by atoms with Gasteiger partial charge in [-0.25, -0.2) is 13.2 Å². The van der Waals surface area contributed by atoms with Crippen molar-refractivity contribution in [2.75, 3.05) is 5.32 Å². The van der Waals surface area contributed by atoms with Gasteiger partial charge in [-0.1, -0.05) is 0 Å². The lowest BCUT2D eigenvalue weighted by Crippen LogP contribution is -1.96. The molecule has 0 fully saturated rings. The van der Waals surface area contributed by atoms with Gasteiger partial charge in [0.05, 0.1) is 0 Å². The number of hydrogen-bond donors (Lipinski definition) is 1. The van der Waals surface area contributed by atoms with Crippen molar-refractivity contribution in [3.05, 3.63) is 41.4 Å².